The van der Waals surface area contributed by atoms with E-state index in [0.717, 1.165) is 37.0 Å². The zero-order chi connectivity index (χ0) is 14.1. The topological polar surface area (TPSA) is 61.9 Å². The smallest absolute Gasteiger partial charge is 0.255 e. The van der Waals surface area contributed by atoms with Gasteiger partial charge >= 0.3 is 0 Å². The summed E-state index contributed by atoms with van der Waals surface area (Å²) in [5, 5.41) is 7.93. The van der Waals surface area contributed by atoms with E-state index < -0.39 is 0 Å². The summed E-state index contributed by atoms with van der Waals surface area (Å²) in [7, 11) is 0. The number of rotatable bonds is 1. The second kappa shape index (κ2) is 5.23. The Morgan fingerprint density at radius 1 is 1.40 bits per heavy atom. The first-order valence-electron chi connectivity index (χ1n) is 7.25. The molecule has 20 heavy (non-hydrogen) atoms. The van der Waals surface area contributed by atoms with Crippen LogP contribution < -0.4 is 0 Å². The molecule has 1 amide bonds. The highest BCUT2D eigenvalue weighted by atomic mass is 16.2. The number of aromatic amines is 1. The fourth-order valence-corrected chi connectivity index (χ4v) is 2.79. The second-order valence-corrected chi connectivity index (χ2v) is 5.77. The molecule has 5 heteroatoms. The third kappa shape index (κ3) is 2.40. The highest BCUT2D eigenvalue weighted by Crippen LogP contribution is 2.20. The molecule has 1 fully saturated rings. The van der Waals surface area contributed by atoms with E-state index in [1.54, 1.807) is 6.20 Å². The van der Waals surface area contributed by atoms with Gasteiger partial charge in [0.15, 0.2) is 5.65 Å². The molecule has 1 atom stereocenters. The molecule has 1 aliphatic heterocycles. The van der Waals surface area contributed by atoms with Crippen LogP contribution >= 0.6 is 0 Å². The zero-order valence-corrected chi connectivity index (χ0v) is 12.0. The van der Waals surface area contributed by atoms with Gasteiger partial charge in [0.05, 0.1) is 5.56 Å². The molecule has 2 aromatic heterocycles. The van der Waals surface area contributed by atoms with Crippen molar-refractivity contribution in [3.8, 4) is 0 Å². The molecule has 0 saturated carbocycles. The lowest BCUT2D eigenvalue weighted by Gasteiger charge is -2.20. The molecule has 1 aliphatic rings. The number of nitrogens with zero attached hydrogens (tertiary/aromatic N) is 3. The summed E-state index contributed by atoms with van der Waals surface area (Å²) in [6, 6.07) is 1.90. The van der Waals surface area contributed by atoms with E-state index >= 15 is 0 Å². The molecule has 2 aromatic rings. The van der Waals surface area contributed by atoms with Crippen molar-refractivity contribution in [2.45, 2.75) is 33.1 Å². The number of nitrogens with one attached hydrogen (secondary N) is 1. The molecule has 0 spiro atoms. The van der Waals surface area contributed by atoms with Gasteiger partial charge < -0.3 is 4.90 Å². The van der Waals surface area contributed by atoms with Crippen molar-refractivity contribution < 1.29 is 4.79 Å². The number of fused-ring (bicyclic) bond motifs is 1. The predicted molar refractivity (Wildman–Crippen MR) is 77.5 cm³/mol. The van der Waals surface area contributed by atoms with Crippen molar-refractivity contribution in [1.82, 2.24) is 20.1 Å². The summed E-state index contributed by atoms with van der Waals surface area (Å²) < 4.78 is 0. The molecule has 106 valence electrons. The van der Waals surface area contributed by atoms with Gasteiger partial charge in [-0.3, -0.25) is 9.89 Å². The number of carbonyl (C=O) groups excluding carboxylic acids is 1. The Morgan fingerprint density at radius 2 is 2.25 bits per heavy atom. The van der Waals surface area contributed by atoms with Gasteiger partial charge in [-0.05, 0) is 38.2 Å². The minimum absolute atomic E-state index is 0.0918. The van der Waals surface area contributed by atoms with Crippen LogP contribution in [0.1, 0.15) is 42.2 Å². The number of hydrogen-bond acceptors (Lipinski definition) is 3. The van der Waals surface area contributed by atoms with Crippen LogP contribution in [0.5, 0.6) is 0 Å². The van der Waals surface area contributed by atoms with E-state index in [1.165, 1.54) is 6.42 Å². The third-order valence-electron chi connectivity index (χ3n) is 4.15. The maximum atomic E-state index is 12.6. The van der Waals surface area contributed by atoms with Crippen LogP contribution in [0.15, 0.2) is 12.3 Å². The van der Waals surface area contributed by atoms with Gasteiger partial charge in [-0.1, -0.05) is 6.92 Å². The normalized spacial score (nSPS) is 20.1. The number of pyridine rings is 1. The number of hydrogen-bond donors (Lipinski definition) is 1. The summed E-state index contributed by atoms with van der Waals surface area (Å²) in [5.41, 5.74) is 2.28. The first-order chi connectivity index (χ1) is 9.65. The molecule has 1 N–H and O–H groups in total. The molecule has 0 radical (unpaired) electrons. The average molecular weight is 272 g/mol. The largest absolute Gasteiger partial charge is 0.339 e. The predicted octanol–water partition coefficient (Wildman–Crippen LogP) is 2.53. The van der Waals surface area contributed by atoms with Gasteiger partial charge in [0.1, 0.15) is 0 Å². The highest BCUT2D eigenvalue weighted by Gasteiger charge is 2.20. The average Bonchev–Trinajstić information content (AvgIpc) is 2.68. The molecular formula is C15H20N4O. The number of H-pyrrole nitrogens is 1. The number of likely N-dealkylation sites (tertiary alicyclic amines) is 1. The Kier molecular flexibility index (Phi) is 3.42. The first-order valence-corrected chi connectivity index (χ1v) is 7.25. The van der Waals surface area contributed by atoms with Crippen LogP contribution in [0.2, 0.25) is 0 Å². The van der Waals surface area contributed by atoms with Crippen LogP contribution in [0.3, 0.4) is 0 Å². The number of carbonyl (C=O) groups is 1. The Labute approximate surface area is 118 Å². The van der Waals surface area contributed by atoms with Gasteiger partial charge in [-0.25, -0.2) is 4.98 Å². The first kappa shape index (κ1) is 13.1. The number of aromatic nitrogens is 3. The van der Waals surface area contributed by atoms with Gasteiger partial charge in [0, 0.05) is 30.4 Å². The van der Waals surface area contributed by atoms with Crippen LogP contribution in [0.25, 0.3) is 11.0 Å². The Balaban J connectivity index is 1.85. The minimum Gasteiger partial charge on any atom is -0.339 e. The van der Waals surface area contributed by atoms with Crippen molar-refractivity contribution in [3.63, 3.8) is 0 Å². The highest BCUT2D eigenvalue weighted by molar-refractivity contribution is 5.97. The maximum Gasteiger partial charge on any atom is 0.255 e. The van der Waals surface area contributed by atoms with Gasteiger partial charge in [-0.15, -0.1) is 0 Å². The van der Waals surface area contributed by atoms with Crippen molar-refractivity contribution >= 4 is 16.9 Å². The zero-order valence-electron chi connectivity index (χ0n) is 12.0. The summed E-state index contributed by atoms with van der Waals surface area (Å²) in [5.74, 6) is 0.804. The molecule has 0 bridgehead atoms. The maximum absolute atomic E-state index is 12.6. The van der Waals surface area contributed by atoms with Gasteiger partial charge in [0.2, 0.25) is 0 Å². The molecular weight excluding hydrogens is 252 g/mol. The van der Waals surface area contributed by atoms with Gasteiger partial charge in [0.25, 0.3) is 5.91 Å². The standard InChI is InChI=1S/C15H20N4O/c1-10-4-3-6-19(7-5-10)15(20)12-8-13-11(2)17-18-14(13)16-9-12/h8-10H,3-7H2,1-2H3,(H,16,17,18). The van der Waals surface area contributed by atoms with E-state index in [9.17, 15) is 4.79 Å². The summed E-state index contributed by atoms with van der Waals surface area (Å²) in [6.45, 7) is 5.91. The fraction of sp³-hybridized carbons (Fsp3) is 0.533. The summed E-state index contributed by atoms with van der Waals surface area (Å²) in [4.78, 5) is 18.8. The molecule has 3 heterocycles. The van der Waals surface area contributed by atoms with E-state index in [2.05, 4.69) is 22.1 Å². The van der Waals surface area contributed by atoms with Crippen LogP contribution in [0.4, 0.5) is 0 Å². The van der Waals surface area contributed by atoms with E-state index in [1.807, 2.05) is 17.9 Å². The lowest BCUT2D eigenvalue weighted by molar-refractivity contribution is 0.0760. The van der Waals surface area contributed by atoms with Crippen LogP contribution in [-0.2, 0) is 0 Å². The molecule has 3 rings (SSSR count). The van der Waals surface area contributed by atoms with E-state index in [0.29, 0.717) is 17.1 Å². The quantitative estimate of drug-likeness (QED) is 0.867. The molecule has 1 unspecified atom stereocenters. The summed E-state index contributed by atoms with van der Waals surface area (Å²) >= 11 is 0. The van der Waals surface area contributed by atoms with Crippen LogP contribution in [-0.4, -0.2) is 39.1 Å². The van der Waals surface area contributed by atoms with Crippen molar-refractivity contribution in [1.29, 1.82) is 0 Å². The van der Waals surface area contributed by atoms with Gasteiger partial charge in [-0.2, -0.15) is 5.10 Å². The number of aryl methyl sites for hydroxylation is 1. The van der Waals surface area contributed by atoms with Crippen LogP contribution in [0, 0.1) is 12.8 Å². The van der Waals surface area contributed by atoms with Crippen molar-refractivity contribution in [2.75, 3.05) is 13.1 Å². The Hall–Kier alpha value is -1.91. The lowest BCUT2D eigenvalue weighted by atomic mass is 10.0. The second-order valence-electron chi connectivity index (χ2n) is 5.77. The molecule has 0 aromatic carbocycles. The number of amides is 1. The molecule has 1 saturated heterocycles. The molecule has 5 nitrogen and oxygen atoms in total. The Bertz CT molecular complexity index is 634. The SMILES string of the molecule is Cc1[nH]nc2ncc(C(=O)N3CCCC(C)CC3)cc12. The minimum atomic E-state index is 0.0918. The van der Waals surface area contributed by atoms with E-state index in [4.69, 9.17) is 0 Å². The van der Waals surface area contributed by atoms with E-state index in [-0.39, 0.29) is 5.91 Å². The summed E-state index contributed by atoms with van der Waals surface area (Å²) in [6.07, 6.45) is 5.03. The lowest BCUT2D eigenvalue weighted by Crippen LogP contribution is -2.32. The van der Waals surface area contributed by atoms with Crippen molar-refractivity contribution in [3.05, 3.63) is 23.5 Å². The monoisotopic (exact) mass is 272 g/mol. The Morgan fingerprint density at radius 3 is 3.10 bits per heavy atom. The third-order valence-corrected chi connectivity index (χ3v) is 4.15. The van der Waals surface area contributed by atoms with Crippen molar-refractivity contribution in [2.24, 2.45) is 5.92 Å². The molecule has 0 aliphatic carbocycles. The fourth-order valence-electron chi connectivity index (χ4n) is 2.79.